The smallest absolute Gasteiger partial charge is 0.413 e. The first kappa shape index (κ1) is 20.5. The predicted molar refractivity (Wildman–Crippen MR) is 102 cm³/mol. The molecule has 3 atom stereocenters. The van der Waals surface area contributed by atoms with E-state index >= 15 is 0 Å². The van der Waals surface area contributed by atoms with Crippen molar-refractivity contribution in [2.24, 2.45) is 5.92 Å². The molecular formula is C21H29NO6. The number of carbonyl (C=O) groups excluding carboxylic acids is 2. The van der Waals surface area contributed by atoms with E-state index in [9.17, 15) is 9.59 Å². The molecule has 1 aliphatic carbocycles. The molecule has 1 saturated heterocycles. The monoisotopic (exact) mass is 391 g/mol. The Morgan fingerprint density at radius 3 is 2.32 bits per heavy atom. The van der Waals surface area contributed by atoms with Crippen molar-refractivity contribution in [1.29, 1.82) is 0 Å². The molecule has 1 aromatic rings. The van der Waals surface area contributed by atoms with Gasteiger partial charge in [-0.3, -0.25) is 4.90 Å². The van der Waals surface area contributed by atoms with E-state index in [4.69, 9.17) is 18.9 Å². The zero-order chi connectivity index (χ0) is 20.5. The average molecular weight is 391 g/mol. The van der Waals surface area contributed by atoms with Gasteiger partial charge in [-0.1, -0.05) is 12.1 Å². The van der Waals surface area contributed by atoms with Gasteiger partial charge in [0.2, 0.25) is 0 Å². The van der Waals surface area contributed by atoms with E-state index in [-0.39, 0.29) is 12.5 Å². The van der Waals surface area contributed by atoms with Crippen LogP contribution in [-0.2, 0) is 19.0 Å². The molecule has 2 unspecified atom stereocenters. The first-order chi connectivity index (χ1) is 13.2. The lowest BCUT2D eigenvalue weighted by molar-refractivity contribution is -0.156. The Hall–Kier alpha value is -2.28. The molecule has 28 heavy (non-hydrogen) atoms. The third-order valence-electron chi connectivity index (χ3n) is 4.79. The van der Waals surface area contributed by atoms with Crippen LogP contribution in [0.2, 0.25) is 0 Å². The van der Waals surface area contributed by atoms with E-state index in [1.807, 2.05) is 32.9 Å². The number of ether oxygens (including phenoxy) is 4. The summed E-state index contributed by atoms with van der Waals surface area (Å²) in [5.41, 5.74) is 0.0987. The molecule has 1 saturated carbocycles. The molecule has 154 valence electrons. The molecule has 1 aromatic carbocycles. The van der Waals surface area contributed by atoms with E-state index in [2.05, 4.69) is 0 Å². The maximum atomic E-state index is 13.1. The number of carbonyl (C=O) groups is 2. The molecule has 1 aliphatic heterocycles. The van der Waals surface area contributed by atoms with Gasteiger partial charge < -0.3 is 18.9 Å². The normalized spacial score (nSPS) is 24.8. The van der Waals surface area contributed by atoms with E-state index in [1.165, 1.54) is 0 Å². The molecule has 1 amide bonds. The number of benzene rings is 1. The number of esters is 1. The van der Waals surface area contributed by atoms with E-state index in [0.717, 1.165) is 18.4 Å². The Labute approximate surface area is 165 Å². The van der Waals surface area contributed by atoms with Gasteiger partial charge in [0.1, 0.15) is 11.4 Å². The number of hydrogen-bond donors (Lipinski definition) is 0. The van der Waals surface area contributed by atoms with E-state index in [1.54, 1.807) is 31.1 Å². The molecule has 0 radical (unpaired) electrons. The topological polar surface area (TPSA) is 74.3 Å². The van der Waals surface area contributed by atoms with Gasteiger partial charge in [-0.2, -0.15) is 0 Å². The highest BCUT2D eigenvalue weighted by Crippen LogP contribution is 2.47. The van der Waals surface area contributed by atoms with Crippen LogP contribution in [0.1, 0.15) is 52.3 Å². The summed E-state index contributed by atoms with van der Waals surface area (Å²) >= 11 is 0. The fraction of sp³-hybridized carbons (Fsp3) is 0.619. The van der Waals surface area contributed by atoms with Gasteiger partial charge in [0.05, 0.1) is 19.8 Å². The summed E-state index contributed by atoms with van der Waals surface area (Å²) in [4.78, 5) is 27.2. The molecule has 1 heterocycles. The molecule has 0 N–H and O–H groups in total. The third-order valence-corrected chi connectivity index (χ3v) is 4.79. The summed E-state index contributed by atoms with van der Waals surface area (Å²) in [5.74, 6) is 0.459. The highest BCUT2D eigenvalue weighted by Gasteiger charge is 2.56. The van der Waals surface area contributed by atoms with Crippen molar-refractivity contribution in [1.82, 2.24) is 4.90 Å². The van der Waals surface area contributed by atoms with Crippen molar-refractivity contribution in [3.05, 3.63) is 29.8 Å². The van der Waals surface area contributed by atoms with Crippen LogP contribution < -0.4 is 4.74 Å². The Kier molecular flexibility index (Phi) is 5.84. The SMILES string of the molecule is CCOC(=O)C1OC(c2ccc(OC)cc2)N(C(=O)OC(C)(C)C)[C@H]1C1CC1. The zero-order valence-electron chi connectivity index (χ0n) is 17.1. The summed E-state index contributed by atoms with van der Waals surface area (Å²) in [6.45, 7) is 7.47. The van der Waals surface area contributed by atoms with Crippen LogP contribution in [0, 0.1) is 5.92 Å². The van der Waals surface area contributed by atoms with Gasteiger partial charge in [0.15, 0.2) is 12.3 Å². The molecule has 2 fully saturated rings. The van der Waals surface area contributed by atoms with E-state index < -0.39 is 36.0 Å². The Balaban J connectivity index is 1.96. The fourth-order valence-corrected chi connectivity index (χ4v) is 3.46. The van der Waals surface area contributed by atoms with Gasteiger partial charge in [-0.05, 0) is 58.6 Å². The molecule has 0 spiro atoms. The largest absolute Gasteiger partial charge is 0.497 e. The number of hydrogen-bond acceptors (Lipinski definition) is 6. The van der Waals surface area contributed by atoms with Crippen LogP contribution >= 0.6 is 0 Å². The second-order valence-corrected chi connectivity index (χ2v) is 8.15. The number of amides is 1. The lowest BCUT2D eigenvalue weighted by Crippen LogP contribution is -2.46. The average Bonchev–Trinajstić information content (AvgIpc) is 3.39. The fourth-order valence-electron chi connectivity index (χ4n) is 3.46. The van der Waals surface area contributed by atoms with Crippen molar-refractivity contribution < 1.29 is 28.5 Å². The van der Waals surface area contributed by atoms with Crippen LogP contribution in [0.3, 0.4) is 0 Å². The molecule has 7 heteroatoms. The maximum absolute atomic E-state index is 13.1. The summed E-state index contributed by atoms with van der Waals surface area (Å²) in [6.07, 6.45) is -0.151. The Morgan fingerprint density at radius 2 is 1.82 bits per heavy atom. The molecule has 3 rings (SSSR count). The summed E-state index contributed by atoms with van der Waals surface area (Å²) in [6, 6.07) is 6.86. The van der Waals surface area contributed by atoms with Crippen molar-refractivity contribution >= 4 is 12.1 Å². The van der Waals surface area contributed by atoms with Crippen molar-refractivity contribution in [3.8, 4) is 5.75 Å². The first-order valence-electron chi connectivity index (χ1n) is 9.72. The third kappa shape index (κ3) is 4.41. The summed E-state index contributed by atoms with van der Waals surface area (Å²) < 4.78 is 22.2. The Bertz CT molecular complexity index is 707. The minimum atomic E-state index is -0.827. The minimum absolute atomic E-state index is 0.199. The standard InChI is InChI=1S/C21H29NO6/c1-6-26-19(23)17-16(13-7-8-13)22(20(24)28-21(2,3)4)18(27-17)14-9-11-15(25-5)12-10-14/h9-13,16-18H,6-8H2,1-5H3/t16-,17?,18?/m0/s1. The summed E-state index contributed by atoms with van der Waals surface area (Å²) in [7, 11) is 1.59. The van der Waals surface area contributed by atoms with Gasteiger partial charge in [0.25, 0.3) is 0 Å². The second kappa shape index (κ2) is 7.99. The maximum Gasteiger partial charge on any atom is 0.413 e. The minimum Gasteiger partial charge on any atom is -0.497 e. The van der Waals surface area contributed by atoms with E-state index in [0.29, 0.717) is 5.75 Å². The van der Waals surface area contributed by atoms with Gasteiger partial charge >= 0.3 is 12.1 Å². The van der Waals surface area contributed by atoms with Crippen molar-refractivity contribution in [2.45, 2.75) is 64.5 Å². The first-order valence-corrected chi connectivity index (χ1v) is 9.72. The van der Waals surface area contributed by atoms with Gasteiger partial charge in [-0.25, -0.2) is 9.59 Å². The Morgan fingerprint density at radius 1 is 1.18 bits per heavy atom. The van der Waals surface area contributed by atoms with Crippen LogP contribution in [0.25, 0.3) is 0 Å². The zero-order valence-corrected chi connectivity index (χ0v) is 17.1. The van der Waals surface area contributed by atoms with Crippen LogP contribution in [0.15, 0.2) is 24.3 Å². The van der Waals surface area contributed by atoms with Crippen LogP contribution in [0.4, 0.5) is 4.79 Å². The lowest BCUT2D eigenvalue weighted by atomic mass is 10.1. The van der Waals surface area contributed by atoms with Crippen molar-refractivity contribution in [3.63, 3.8) is 0 Å². The molecule has 0 bridgehead atoms. The molecule has 2 aliphatic rings. The van der Waals surface area contributed by atoms with Crippen molar-refractivity contribution in [2.75, 3.05) is 13.7 Å². The van der Waals surface area contributed by atoms with Crippen LogP contribution in [0.5, 0.6) is 5.75 Å². The summed E-state index contributed by atoms with van der Waals surface area (Å²) in [5, 5.41) is 0. The quantitative estimate of drug-likeness (QED) is 0.713. The number of rotatable bonds is 5. The predicted octanol–water partition coefficient (Wildman–Crippen LogP) is 3.67. The molecule has 7 nitrogen and oxygen atoms in total. The lowest BCUT2D eigenvalue weighted by Gasteiger charge is -2.31. The van der Waals surface area contributed by atoms with Gasteiger partial charge in [-0.15, -0.1) is 0 Å². The highest BCUT2D eigenvalue weighted by atomic mass is 16.6. The second-order valence-electron chi connectivity index (χ2n) is 8.15. The molecular weight excluding hydrogens is 362 g/mol. The number of methoxy groups -OCH3 is 1. The number of nitrogens with zero attached hydrogens (tertiary/aromatic N) is 1. The van der Waals surface area contributed by atoms with Crippen LogP contribution in [-0.4, -0.2) is 48.4 Å². The van der Waals surface area contributed by atoms with Gasteiger partial charge in [0, 0.05) is 5.56 Å². The highest BCUT2D eigenvalue weighted by molar-refractivity contribution is 5.79. The molecule has 0 aromatic heterocycles.